The van der Waals surface area contributed by atoms with Crippen molar-refractivity contribution in [3.8, 4) is 11.5 Å². The molecule has 1 aliphatic heterocycles. The largest absolute Gasteiger partial charge is 0.507 e. The smallest absolute Gasteiger partial charge is 0.258 e. The van der Waals surface area contributed by atoms with Crippen LogP contribution < -0.4 is 5.32 Å². The van der Waals surface area contributed by atoms with E-state index in [9.17, 15) is 15.0 Å². The molecule has 0 aliphatic carbocycles. The molecule has 0 spiro atoms. The molecule has 3 N–H and O–H groups in total. The van der Waals surface area contributed by atoms with Crippen molar-refractivity contribution in [2.45, 2.75) is 38.8 Å². The van der Waals surface area contributed by atoms with E-state index in [1.165, 1.54) is 11.6 Å². The summed E-state index contributed by atoms with van der Waals surface area (Å²) >= 11 is 5.93. The Bertz CT molecular complexity index is 825. The van der Waals surface area contributed by atoms with Crippen molar-refractivity contribution in [2.24, 2.45) is 0 Å². The summed E-state index contributed by atoms with van der Waals surface area (Å²) in [7, 11) is 0. The van der Waals surface area contributed by atoms with Gasteiger partial charge in [0.2, 0.25) is 0 Å². The van der Waals surface area contributed by atoms with Gasteiger partial charge >= 0.3 is 0 Å². The fourth-order valence-electron chi connectivity index (χ4n) is 3.55. The molecule has 1 unspecified atom stereocenters. The van der Waals surface area contributed by atoms with E-state index in [2.05, 4.69) is 24.4 Å². The number of phenols is 2. The number of carbonyl (C=O) groups excluding carboxylic acids is 1. The lowest BCUT2D eigenvalue weighted by molar-refractivity contribution is 0.0732. The number of aromatic hydroxyl groups is 2. The van der Waals surface area contributed by atoms with Crippen molar-refractivity contribution < 1.29 is 15.0 Å². The number of nitrogens with one attached hydrogen (secondary N) is 1. The predicted molar refractivity (Wildman–Crippen MR) is 106 cm³/mol. The molecule has 6 heteroatoms. The maximum absolute atomic E-state index is 13.0. The highest BCUT2D eigenvalue weighted by atomic mass is 35.5. The highest BCUT2D eigenvalue weighted by Gasteiger charge is 2.32. The predicted octanol–water partition coefficient (Wildman–Crippen LogP) is 4.23. The van der Waals surface area contributed by atoms with Crippen molar-refractivity contribution in [1.82, 2.24) is 10.2 Å². The monoisotopic (exact) mass is 388 g/mol. The minimum absolute atomic E-state index is 0.0318. The van der Waals surface area contributed by atoms with E-state index >= 15 is 0 Å². The average Bonchev–Trinajstić information content (AvgIpc) is 3.14. The van der Waals surface area contributed by atoms with Crippen LogP contribution in [0.5, 0.6) is 11.5 Å². The third-order valence-corrected chi connectivity index (χ3v) is 5.20. The third-order valence-electron chi connectivity index (χ3n) is 4.90. The van der Waals surface area contributed by atoms with E-state index < -0.39 is 0 Å². The first-order valence-corrected chi connectivity index (χ1v) is 9.71. The summed E-state index contributed by atoms with van der Waals surface area (Å²) in [5, 5.41) is 23.1. The van der Waals surface area contributed by atoms with Gasteiger partial charge < -0.3 is 20.4 Å². The summed E-state index contributed by atoms with van der Waals surface area (Å²) in [5.41, 5.74) is 2.40. The van der Waals surface area contributed by atoms with Crippen LogP contribution in [0.25, 0.3) is 0 Å². The first-order chi connectivity index (χ1) is 13.0. The number of amides is 1. The molecule has 0 saturated carbocycles. The van der Waals surface area contributed by atoms with Gasteiger partial charge in [-0.3, -0.25) is 4.79 Å². The average molecular weight is 389 g/mol. The maximum Gasteiger partial charge on any atom is 0.258 e. The van der Waals surface area contributed by atoms with Gasteiger partial charge in [0.15, 0.2) is 0 Å². The van der Waals surface area contributed by atoms with Crippen LogP contribution in [0.1, 0.15) is 53.7 Å². The van der Waals surface area contributed by atoms with Gasteiger partial charge in [-0.25, -0.2) is 0 Å². The number of hydrogen-bond acceptors (Lipinski definition) is 4. The Hall–Kier alpha value is -2.24. The number of carbonyl (C=O) groups is 1. The molecule has 1 saturated heterocycles. The number of halogens is 1. The Morgan fingerprint density at radius 3 is 2.85 bits per heavy atom. The standard InChI is InChI=1S/C21H25ClN2O3/c1-2-8-23-13-14-5-3-6-15(10-14)18-7-4-9-24(18)21(27)16-11-17(22)20(26)12-19(16)25/h3,5-6,10-12,18,23,25-26H,2,4,7-9,13H2,1H3. The Kier molecular flexibility index (Phi) is 6.24. The lowest BCUT2D eigenvalue weighted by Gasteiger charge is -2.26. The van der Waals surface area contributed by atoms with Crippen LogP contribution in [-0.4, -0.2) is 34.1 Å². The normalized spacial score (nSPS) is 16.7. The van der Waals surface area contributed by atoms with Crippen molar-refractivity contribution >= 4 is 17.5 Å². The van der Waals surface area contributed by atoms with Gasteiger partial charge in [0.1, 0.15) is 11.5 Å². The minimum atomic E-state index is -0.272. The van der Waals surface area contributed by atoms with Crippen LogP contribution in [0.2, 0.25) is 5.02 Å². The highest BCUT2D eigenvalue weighted by Crippen LogP contribution is 2.37. The Labute approximate surface area is 164 Å². The van der Waals surface area contributed by atoms with E-state index in [1.807, 2.05) is 12.1 Å². The van der Waals surface area contributed by atoms with Crippen molar-refractivity contribution in [2.75, 3.05) is 13.1 Å². The summed E-state index contributed by atoms with van der Waals surface area (Å²) in [4.78, 5) is 14.8. The number of hydrogen-bond donors (Lipinski definition) is 3. The molecular formula is C21H25ClN2O3. The van der Waals surface area contributed by atoms with E-state index in [4.69, 9.17) is 11.6 Å². The zero-order valence-electron chi connectivity index (χ0n) is 15.4. The van der Waals surface area contributed by atoms with Gasteiger partial charge in [-0.1, -0.05) is 42.8 Å². The lowest BCUT2D eigenvalue weighted by Crippen LogP contribution is -2.30. The summed E-state index contributed by atoms with van der Waals surface area (Å²) in [6.07, 6.45) is 2.87. The van der Waals surface area contributed by atoms with Crippen LogP contribution >= 0.6 is 11.6 Å². The zero-order valence-corrected chi connectivity index (χ0v) is 16.2. The van der Waals surface area contributed by atoms with Gasteiger partial charge in [-0.15, -0.1) is 0 Å². The Morgan fingerprint density at radius 2 is 2.07 bits per heavy atom. The van der Waals surface area contributed by atoms with Crippen LogP contribution in [-0.2, 0) is 6.54 Å². The summed E-state index contributed by atoms with van der Waals surface area (Å²) in [6, 6.07) is 10.7. The van der Waals surface area contributed by atoms with E-state index in [0.717, 1.165) is 44.0 Å². The molecule has 27 heavy (non-hydrogen) atoms. The number of benzene rings is 2. The quantitative estimate of drug-likeness (QED) is 0.647. The minimum Gasteiger partial charge on any atom is -0.507 e. The number of likely N-dealkylation sites (tertiary alicyclic amines) is 1. The first-order valence-electron chi connectivity index (χ1n) is 9.33. The topological polar surface area (TPSA) is 72.8 Å². The SMILES string of the molecule is CCCNCc1cccc(C2CCCN2C(=O)c2cc(Cl)c(O)cc2O)c1. The molecular weight excluding hydrogens is 364 g/mol. The molecule has 5 nitrogen and oxygen atoms in total. The molecule has 2 aromatic carbocycles. The van der Waals surface area contributed by atoms with Crippen molar-refractivity contribution in [3.63, 3.8) is 0 Å². The second kappa shape index (κ2) is 8.63. The molecule has 0 bridgehead atoms. The van der Waals surface area contributed by atoms with E-state index in [1.54, 1.807) is 4.90 Å². The van der Waals surface area contributed by atoms with Crippen LogP contribution in [0.4, 0.5) is 0 Å². The molecule has 1 heterocycles. The summed E-state index contributed by atoms with van der Waals surface area (Å²) in [6.45, 7) is 4.53. The highest BCUT2D eigenvalue weighted by molar-refractivity contribution is 6.32. The molecule has 0 radical (unpaired) electrons. The third kappa shape index (κ3) is 4.37. The fourth-order valence-corrected chi connectivity index (χ4v) is 3.72. The molecule has 0 aromatic heterocycles. The van der Waals surface area contributed by atoms with Gasteiger partial charge in [0, 0.05) is 19.2 Å². The molecule has 2 aromatic rings. The van der Waals surface area contributed by atoms with E-state index in [0.29, 0.717) is 6.54 Å². The fraction of sp³-hybridized carbons (Fsp3) is 0.381. The van der Waals surface area contributed by atoms with E-state index in [-0.39, 0.29) is 34.0 Å². The van der Waals surface area contributed by atoms with Gasteiger partial charge in [-0.05, 0) is 43.0 Å². The summed E-state index contributed by atoms with van der Waals surface area (Å²) in [5.74, 6) is -0.771. The second-order valence-corrected chi connectivity index (χ2v) is 7.31. The van der Waals surface area contributed by atoms with Crippen LogP contribution in [0.15, 0.2) is 36.4 Å². The van der Waals surface area contributed by atoms with Crippen molar-refractivity contribution in [1.29, 1.82) is 0 Å². The maximum atomic E-state index is 13.0. The zero-order chi connectivity index (χ0) is 19.4. The molecule has 1 amide bonds. The van der Waals surface area contributed by atoms with Gasteiger partial charge in [-0.2, -0.15) is 0 Å². The van der Waals surface area contributed by atoms with Gasteiger partial charge in [0.25, 0.3) is 5.91 Å². The molecule has 1 fully saturated rings. The number of phenolic OH excluding ortho intramolecular Hbond substituents is 2. The Morgan fingerprint density at radius 1 is 1.26 bits per heavy atom. The van der Waals surface area contributed by atoms with Crippen LogP contribution in [0, 0.1) is 0 Å². The first kappa shape index (κ1) is 19.5. The Balaban J connectivity index is 1.82. The lowest BCUT2D eigenvalue weighted by atomic mass is 10.0. The molecule has 1 atom stereocenters. The number of nitrogens with zero attached hydrogens (tertiary/aromatic N) is 1. The molecule has 3 rings (SSSR count). The van der Waals surface area contributed by atoms with Gasteiger partial charge in [0.05, 0.1) is 16.6 Å². The summed E-state index contributed by atoms with van der Waals surface area (Å²) < 4.78 is 0. The number of rotatable bonds is 6. The second-order valence-electron chi connectivity index (χ2n) is 6.90. The molecule has 144 valence electrons. The van der Waals surface area contributed by atoms with Crippen molar-refractivity contribution in [3.05, 3.63) is 58.1 Å². The van der Waals surface area contributed by atoms with Crippen LogP contribution in [0.3, 0.4) is 0 Å². The molecule has 1 aliphatic rings.